The number of aliphatic hydroxyl groups excluding tert-OH is 1. The summed E-state index contributed by atoms with van der Waals surface area (Å²) in [4.78, 5) is 11.5. The maximum atomic E-state index is 11.5. The maximum absolute atomic E-state index is 11.5. The topological polar surface area (TPSA) is 65.0 Å². The van der Waals surface area contributed by atoms with Gasteiger partial charge in [0.1, 0.15) is 6.10 Å². The average Bonchev–Trinajstić information content (AvgIpc) is 3.13. The molecule has 1 N–H and O–H groups in total. The van der Waals surface area contributed by atoms with E-state index in [-0.39, 0.29) is 30.0 Å². The fourth-order valence-corrected chi connectivity index (χ4v) is 4.32. The molecule has 3 aliphatic rings. The quantitative estimate of drug-likeness (QED) is 0.577. The molecule has 2 unspecified atom stereocenters. The summed E-state index contributed by atoms with van der Waals surface area (Å²) in [5.74, 6) is -0.266. The molecule has 2 saturated heterocycles. The first-order chi connectivity index (χ1) is 10.6. The van der Waals surface area contributed by atoms with Crippen LogP contribution >= 0.6 is 0 Å². The molecule has 3 fully saturated rings. The van der Waals surface area contributed by atoms with E-state index in [0.29, 0.717) is 26.1 Å². The summed E-state index contributed by atoms with van der Waals surface area (Å²) in [6.45, 7) is 3.51. The SMILES string of the molecule is CCCCCC1(CC[C@H]2C(O)CC3OC(=O)C[C@@H]32)OCCO1. The largest absolute Gasteiger partial charge is 0.462 e. The second kappa shape index (κ2) is 6.85. The van der Waals surface area contributed by atoms with E-state index in [1.165, 1.54) is 12.8 Å². The van der Waals surface area contributed by atoms with Gasteiger partial charge in [-0.1, -0.05) is 19.8 Å². The molecule has 0 radical (unpaired) electrons. The Labute approximate surface area is 132 Å². The van der Waals surface area contributed by atoms with Crippen molar-refractivity contribution in [2.45, 2.75) is 76.3 Å². The van der Waals surface area contributed by atoms with Gasteiger partial charge in [-0.3, -0.25) is 4.79 Å². The number of rotatable bonds is 7. The van der Waals surface area contributed by atoms with Crippen LogP contribution in [0.3, 0.4) is 0 Å². The van der Waals surface area contributed by atoms with Crippen LogP contribution in [-0.2, 0) is 19.0 Å². The molecule has 0 spiro atoms. The van der Waals surface area contributed by atoms with Gasteiger partial charge in [-0.05, 0) is 18.8 Å². The monoisotopic (exact) mass is 312 g/mol. The summed E-state index contributed by atoms with van der Waals surface area (Å²) >= 11 is 0. The van der Waals surface area contributed by atoms with Crippen LogP contribution < -0.4 is 0 Å². The Morgan fingerprint density at radius 2 is 2.00 bits per heavy atom. The highest BCUT2D eigenvalue weighted by molar-refractivity contribution is 5.72. The van der Waals surface area contributed by atoms with Crippen molar-refractivity contribution in [3.63, 3.8) is 0 Å². The number of carbonyl (C=O) groups excluding carboxylic acids is 1. The number of fused-ring (bicyclic) bond motifs is 1. The Balaban J connectivity index is 1.56. The number of ether oxygens (including phenoxy) is 3. The molecule has 126 valence electrons. The van der Waals surface area contributed by atoms with Gasteiger partial charge in [0.15, 0.2) is 5.79 Å². The summed E-state index contributed by atoms with van der Waals surface area (Å²) in [5, 5.41) is 10.3. The molecular formula is C17H28O5. The molecule has 0 bridgehead atoms. The van der Waals surface area contributed by atoms with Gasteiger partial charge in [-0.25, -0.2) is 0 Å². The van der Waals surface area contributed by atoms with Crippen molar-refractivity contribution in [1.29, 1.82) is 0 Å². The molecule has 5 nitrogen and oxygen atoms in total. The molecular weight excluding hydrogens is 284 g/mol. The van der Waals surface area contributed by atoms with Crippen molar-refractivity contribution in [3.05, 3.63) is 0 Å². The van der Waals surface area contributed by atoms with Crippen molar-refractivity contribution in [2.75, 3.05) is 13.2 Å². The fourth-order valence-electron chi connectivity index (χ4n) is 4.32. The fraction of sp³-hybridized carbons (Fsp3) is 0.941. The van der Waals surface area contributed by atoms with Crippen molar-refractivity contribution in [1.82, 2.24) is 0 Å². The third-order valence-corrected chi connectivity index (χ3v) is 5.51. The molecule has 0 amide bonds. The molecule has 0 aromatic heterocycles. The highest BCUT2D eigenvalue weighted by Crippen LogP contribution is 2.45. The van der Waals surface area contributed by atoms with E-state index < -0.39 is 5.79 Å². The van der Waals surface area contributed by atoms with Crippen LogP contribution in [0.5, 0.6) is 0 Å². The summed E-state index contributed by atoms with van der Waals surface area (Å²) in [5.41, 5.74) is 0. The van der Waals surface area contributed by atoms with Crippen molar-refractivity contribution in [2.24, 2.45) is 11.8 Å². The number of unbranched alkanes of at least 4 members (excludes halogenated alkanes) is 2. The lowest BCUT2D eigenvalue weighted by Crippen LogP contribution is -2.32. The van der Waals surface area contributed by atoms with Gasteiger partial charge in [0.2, 0.25) is 0 Å². The van der Waals surface area contributed by atoms with Gasteiger partial charge in [-0.2, -0.15) is 0 Å². The molecule has 2 heterocycles. The highest BCUT2D eigenvalue weighted by atomic mass is 16.7. The standard InChI is InChI=1S/C17H28O5/c1-2-3-4-6-17(20-8-9-21-17)7-5-12-13-10-16(19)22-15(13)11-14(12)18/h12-15,18H,2-11H2,1H3/t12-,13-,14?,15?/m1/s1. The van der Waals surface area contributed by atoms with Gasteiger partial charge in [0.25, 0.3) is 0 Å². The number of hydrogen-bond acceptors (Lipinski definition) is 5. The lowest BCUT2D eigenvalue weighted by molar-refractivity contribution is -0.171. The predicted octanol–water partition coefficient (Wildman–Crippen LogP) is 2.40. The number of hydrogen-bond donors (Lipinski definition) is 1. The first kappa shape index (κ1) is 16.2. The van der Waals surface area contributed by atoms with E-state index in [2.05, 4.69) is 6.92 Å². The van der Waals surface area contributed by atoms with Crippen molar-refractivity contribution < 1.29 is 24.1 Å². The minimum absolute atomic E-state index is 0.0750. The van der Waals surface area contributed by atoms with Crippen molar-refractivity contribution >= 4 is 5.97 Å². The van der Waals surface area contributed by atoms with Crippen LogP contribution in [0.25, 0.3) is 0 Å². The van der Waals surface area contributed by atoms with E-state index in [9.17, 15) is 9.90 Å². The predicted molar refractivity (Wildman–Crippen MR) is 80.1 cm³/mol. The van der Waals surface area contributed by atoms with Gasteiger partial charge in [0, 0.05) is 25.2 Å². The molecule has 3 rings (SSSR count). The van der Waals surface area contributed by atoms with Gasteiger partial charge >= 0.3 is 5.97 Å². The number of esters is 1. The molecule has 1 saturated carbocycles. The van der Waals surface area contributed by atoms with Crippen molar-refractivity contribution in [3.8, 4) is 0 Å². The zero-order chi connectivity index (χ0) is 15.6. The van der Waals surface area contributed by atoms with Crippen LogP contribution in [0.2, 0.25) is 0 Å². The Hall–Kier alpha value is -0.650. The zero-order valence-electron chi connectivity index (χ0n) is 13.5. The van der Waals surface area contributed by atoms with Gasteiger partial charge in [-0.15, -0.1) is 0 Å². The van der Waals surface area contributed by atoms with Gasteiger partial charge < -0.3 is 19.3 Å². The second-order valence-corrected chi connectivity index (χ2v) is 6.97. The van der Waals surface area contributed by atoms with Crippen LogP contribution in [0.1, 0.15) is 58.3 Å². The second-order valence-electron chi connectivity index (χ2n) is 6.97. The number of carbonyl (C=O) groups is 1. The summed E-state index contributed by atoms with van der Waals surface area (Å²) in [6, 6.07) is 0. The first-order valence-corrected chi connectivity index (χ1v) is 8.79. The van der Waals surface area contributed by atoms with Crippen LogP contribution in [0, 0.1) is 11.8 Å². The lowest BCUT2D eigenvalue weighted by Gasteiger charge is -2.30. The molecule has 5 heteroatoms. The third-order valence-electron chi connectivity index (χ3n) is 5.51. The molecule has 2 aliphatic heterocycles. The summed E-state index contributed by atoms with van der Waals surface area (Å²) < 4.78 is 17.1. The summed E-state index contributed by atoms with van der Waals surface area (Å²) in [7, 11) is 0. The van der Waals surface area contributed by atoms with Crippen LogP contribution in [0.4, 0.5) is 0 Å². The highest BCUT2D eigenvalue weighted by Gasteiger charge is 2.50. The maximum Gasteiger partial charge on any atom is 0.306 e. The van der Waals surface area contributed by atoms with E-state index in [0.717, 1.165) is 25.7 Å². The van der Waals surface area contributed by atoms with Crippen LogP contribution in [0.15, 0.2) is 0 Å². The Kier molecular flexibility index (Phi) is 5.05. The van der Waals surface area contributed by atoms with E-state index in [1.807, 2.05) is 0 Å². The minimum Gasteiger partial charge on any atom is -0.462 e. The molecule has 0 aromatic carbocycles. The smallest absolute Gasteiger partial charge is 0.306 e. The first-order valence-electron chi connectivity index (χ1n) is 8.79. The average molecular weight is 312 g/mol. The molecule has 4 atom stereocenters. The molecule has 22 heavy (non-hydrogen) atoms. The van der Waals surface area contributed by atoms with E-state index in [4.69, 9.17) is 14.2 Å². The zero-order valence-corrected chi connectivity index (χ0v) is 13.5. The Morgan fingerprint density at radius 1 is 1.23 bits per heavy atom. The molecule has 1 aliphatic carbocycles. The third kappa shape index (κ3) is 3.31. The van der Waals surface area contributed by atoms with Crippen LogP contribution in [-0.4, -0.2) is 42.3 Å². The minimum atomic E-state index is -0.462. The Bertz CT molecular complexity index is 391. The Morgan fingerprint density at radius 3 is 2.73 bits per heavy atom. The number of aliphatic hydroxyl groups is 1. The van der Waals surface area contributed by atoms with E-state index in [1.54, 1.807) is 0 Å². The van der Waals surface area contributed by atoms with E-state index >= 15 is 0 Å². The molecule has 0 aromatic rings. The summed E-state index contributed by atoms with van der Waals surface area (Å²) in [6.07, 6.45) is 6.65. The van der Waals surface area contributed by atoms with Gasteiger partial charge in [0.05, 0.1) is 25.7 Å². The lowest BCUT2D eigenvalue weighted by atomic mass is 9.86. The normalized spacial score (nSPS) is 36.5.